The van der Waals surface area contributed by atoms with Crippen LogP contribution in [0.1, 0.15) is 0 Å². The molecule has 0 fully saturated rings. The smallest absolute Gasteiger partial charge is 0.207 e. The molecule has 0 aliphatic rings. The van der Waals surface area contributed by atoms with Gasteiger partial charge in [0.2, 0.25) is 4.47 Å². The molecule has 0 radical (unpaired) electrons. The number of benzene rings is 1. The lowest BCUT2D eigenvalue weighted by atomic mass is 10.2. The number of hydrogen-bond acceptors (Lipinski definition) is 6. The molecule has 0 aliphatic carbocycles. The van der Waals surface area contributed by atoms with Gasteiger partial charge in [-0.1, -0.05) is 11.3 Å². The summed E-state index contributed by atoms with van der Waals surface area (Å²) in [5.74, 6) is 1.81. The topological polar surface area (TPSA) is 53.5 Å². The van der Waals surface area contributed by atoms with E-state index < -0.39 is 0 Å². The van der Waals surface area contributed by atoms with Gasteiger partial charge >= 0.3 is 0 Å². The minimum absolute atomic E-state index is 0.377. The SMILES string of the molecule is COc1cc(OC)c(-c2nnc(Cl)s2)cc1OC. The van der Waals surface area contributed by atoms with Gasteiger partial charge in [0.25, 0.3) is 0 Å². The summed E-state index contributed by atoms with van der Waals surface area (Å²) in [5.41, 5.74) is 0.763. The lowest BCUT2D eigenvalue weighted by Crippen LogP contribution is -1.94. The van der Waals surface area contributed by atoms with E-state index in [1.54, 1.807) is 33.5 Å². The monoisotopic (exact) mass is 286 g/mol. The van der Waals surface area contributed by atoms with Crippen LogP contribution in [-0.2, 0) is 0 Å². The highest BCUT2D eigenvalue weighted by Crippen LogP contribution is 2.41. The molecule has 0 N–H and O–H groups in total. The van der Waals surface area contributed by atoms with Crippen molar-refractivity contribution in [2.75, 3.05) is 21.3 Å². The lowest BCUT2D eigenvalue weighted by molar-refractivity contribution is 0.349. The van der Waals surface area contributed by atoms with Crippen molar-refractivity contribution in [3.63, 3.8) is 0 Å². The Morgan fingerprint density at radius 1 is 0.944 bits per heavy atom. The number of methoxy groups -OCH3 is 3. The molecule has 0 amide bonds. The predicted molar refractivity (Wildman–Crippen MR) is 70.0 cm³/mol. The van der Waals surface area contributed by atoms with Crippen LogP contribution in [0, 0.1) is 0 Å². The van der Waals surface area contributed by atoms with Gasteiger partial charge in [-0.05, 0) is 17.7 Å². The standard InChI is InChI=1S/C11H11ClN2O3S/c1-15-7-5-9(17-3)8(16-2)4-6(7)10-13-14-11(12)18-10/h4-5H,1-3H3. The van der Waals surface area contributed by atoms with E-state index in [-0.39, 0.29) is 0 Å². The van der Waals surface area contributed by atoms with E-state index in [0.717, 1.165) is 5.56 Å². The molecule has 0 saturated carbocycles. The van der Waals surface area contributed by atoms with E-state index in [4.69, 9.17) is 25.8 Å². The molecule has 96 valence electrons. The Labute approximate surface area is 113 Å². The van der Waals surface area contributed by atoms with Crippen LogP contribution >= 0.6 is 22.9 Å². The first-order chi connectivity index (χ1) is 8.69. The zero-order valence-electron chi connectivity index (χ0n) is 10.1. The zero-order chi connectivity index (χ0) is 13.1. The number of hydrogen-bond donors (Lipinski definition) is 0. The van der Waals surface area contributed by atoms with E-state index in [2.05, 4.69) is 10.2 Å². The summed E-state index contributed by atoms with van der Waals surface area (Å²) in [6.45, 7) is 0. The number of nitrogens with zero attached hydrogens (tertiary/aromatic N) is 2. The quantitative estimate of drug-likeness (QED) is 0.865. The van der Waals surface area contributed by atoms with Crippen molar-refractivity contribution in [2.45, 2.75) is 0 Å². The summed E-state index contributed by atoms with van der Waals surface area (Å²) >= 11 is 7.06. The van der Waals surface area contributed by atoms with Crippen molar-refractivity contribution >= 4 is 22.9 Å². The molecule has 1 aromatic carbocycles. The predicted octanol–water partition coefficient (Wildman–Crippen LogP) is 2.88. The third-order valence-corrected chi connectivity index (χ3v) is 3.39. The Morgan fingerprint density at radius 2 is 1.56 bits per heavy atom. The van der Waals surface area contributed by atoms with Gasteiger partial charge < -0.3 is 14.2 Å². The fraction of sp³-hybridized carbons (Fsp3) is 0.273. The molecular formula is C11H11ClN2O3S. The van der Waals surface area contributed by atoms with Gasteiger partial charge in [0.05, 0.1) is 26.9 Å². The Balaban J connectivity index is 2.58. The molecule has 0 saturated heterocycles. The summed E-state index contributed by atoms with van der Waals surface area (Å²) in [5, 5.41) is 8.42. The summed E-state index contributed by atoms with van der Waals surface area (Å²) in [4.78, 5) is 0. The Kier molecular flexibility index (Phi) is 3.88. The minimum Gasteiger partial charge on any atom is -0.496 e. The van der Waals surface area contributed by atoms with Crippen molar-refractivity contribution in [2.24, 2.45) is 0 Å². The molecule has 1 aromatic heterocycles. The Bertz CT molecular complexity index is 559. The van der Waals surface area contributed by atoms with Gasteiger partial charge in [0.15, 0.2) is 16.5 Å². The maximum atomic E-state index is 5.79. The average molecular weight is 287 g/mol. The van der Waals surface area contributed by atoms with Crippen LogP contribution in [-0.4, -0.2) is 31.5 Å². The van der Waals surface area contributed by atoms with Crippen molar-refractivity contribution in [3.8, 4) is 27.8 Å². The van der Waals surface area contributed by atoms with E-state index in [1.807, 2.05) is 0 Å². The lowest BCUT2D eigenvalue weighted by Gasteiger charge is -2.12. The molecule has 5 nitrogen and oxygen atoms in total. The third-order valence-electron chi connectivity index (χ3n) is 2.34. The van der Waals surface area contributed by atoms with Crippen molar-refractivity contribution in [1.29, 1.82) is 0 Å². The van der Waals surface area contributed by atoms with Crippen LogP contribution in [0.15, 0.2) is 12.1 Å². The van der Waals surface area contributed by atoms with E-state index in [0.29, 0.717) is 26.7 Å². The molecule has 0 bridgehead atoms. The van der Waals surface area contributed by atoms with Crippen LogP contribution in [0.25, 0.3) is 10.6 Å². The fourth-order valence-corrected chi connectivity index (χ4v) is 2.36. The maximum Gasteiger partial charge on any atom is 0.207 e. The molecule has 1 heterocycles. The van der Waals surface area contributed by atoms with Gasteiger partial charge in [-0.25, -0.2) is 0 Å². The molecule has 7 heteroatoms. The van der Waals surface area contributed by atoms with Gasteiger partial charge in [-0.2, -0.15) is 0 Å². The third kappa shape index (κ3) is 2.34. The molecule has 2 rings (SSSR count). The summed E-state index contributed by atoms with van der Waals surface area (Å²) < 4.78 is 16.1. The van der Waals surface area contributed by atoms with Gasteiger partial charge in [0.1, 0.15) is 5.75 Å². The highest BCUT2D eigenvalue weighted by Gasteiger charge is 2.16. The number of aromatic nitrogens is 2. The zero-order valence-corrected chi connectivity index (χ0v) is 11.6. The van der Waals surface area contributed by atoms with Crippen molar-refractivity contribution in [3.05, 3.63) is 16.6 Å². The molecule has 0 aliphatic heterocycles. The molecule has 0 atom stereocenters. The fourth-order valence-electron chi connectivity index (χ4n) is 1.51. The van der Waals surface area contributed by atoms with E-state index in [9.17, 15) is 0 Å². The Hall–Kier alpha value is -1.53. The van der Waals surface area contributed by atoms with Gasteiger partial charge in [-0.3, -0.25) is 0 Å². The molecule has 2 aromatic rings. The first kappa shape index (κ1) is 12.9. The molecule has 0 spiro atoms. The van der Waals surface area contributed by atoms with Crippen LogP contribution in [0.2, 0.25) is 4.47 Å². The van der Waals surface area contributed by atoms with Crippen molar-refractivity contribution < 1.29 is 14.2 Å². The molecular weight excluding hydrogens is 276 g/mol. The normalized spacial score (nSPS) is 10.2. The summed E-state index contributed by atoms with van der Waals surface area (Å²) in [7, 11) is 4.72. The van der Waals surface area contributed by atoms with Gasteiger partial charge in [0, 0.05) is 6.07 Å². The molecule has 18 heavy (non-hydrogen) atoms. The maximum absolute atomic E-state index is 5.79. The molecule has 0 unspecified atom stereocenters. The largest absolute Gasteiger partial charge is 0.496 e. The minimum atomic E-state index is 0.377. The first-order valence-electron chi connectivity index (χ1n) is 4.99. The van der Waals surface area contributed by atoms with Crippen LogP contribution in [0.4, 0.5) is 0 Å². The second-order valence-electron chi connectivity index (χ2n) is 3.27. The second kappa shape index (κ2) is 5.41. The number of halogens is 1. The summed E-state index contributed by atoms with van der Waals surface area (Å²) in [6, 6.07) is 3.53. The highest BCUT2D eigenvalue weighted by atomic mass is 35.5. The summed E-state index contributed by atoms with van der Waals surface area (Å²) in [6.07, 6.45) is 0. The van der Waals surface area contributed by atoms with Crippen LogP contribution in [0.3, 0.4) is 0 Å². The van der Waals surface area contributed by atoms with E-state index in [1.165, 1.54) is 11.3 Å². The number of rotatable bonds is 4. The van der Waals surface area contributed by atoms with Crippen LogP contribution in [0.5, 0.6) is 17.2 Å². The van der Waals surface area contributed by atoms with Crippen LogP contribution < -0.4 is 14.2 Å². The number of ether oxygens (including phenoxy) is 3. The first-order valence-corrected chi connectivity index (χ1v) is 6.18. The highest BCUT2D eigenvalue weighted by molar-refractivity contribution is 7.18. The van der Waals surface area contributed by atoms with E-state index >= 15 is 0 Å². The Morgan fingerprint density at radius 3 is 2.06 bits per heavy atom. The van der Waals surface area contributed by atoms with Crippen molar-refractivity contribution in [1.82, 2.24) is 10.2 Å². The average Bonchev–Trinajstić information content (AvgIpc) is 2.83. The second-order valence-corrected chi connectivity index (χ2v) is 4.83. The van der Waals surface area contributed by atoms with Gasteiger partial charge in [-0.15, -0.1) is 10.2 Å².